The molecule has 1 saturated heterocycles. The number of carbonyl (C=O) groups excluding carboxylic acids is 1. The van der Waals surface area contributed by atoms with Gasteiger partial charge in [-0.1, -0.05) is 6.07 Å². The number of carboxylic acid groups (broad SMARTS) is 1. The molecule has 3 heterocycles. The van der Waals surface area contributed by atoms with Gasteiger partial charge in [0.2, 0.25) is 0 Å². The number of aryl methyl sites for hydroxylation is 1. The summed E-state index contributed by atoms with van der Waals surface area (Å²) in [5.41, 5.74) is 4.25. The number of carbonyl (C=O) groups is 2. The van der Waals surface area contributed by atoms with E-state index in [1.807, 2.05) is 28.7 Å². The first-order valence-electron chi connectivity index (χ1n) is 12.1. The van der Waals surface area contributed by atoms with Crippen LogP contribution < -0.4 is 4.90 Å². The molecule has 2 aliphatic rings. The van der Waals surface area contributed by atoms with Crippen molar-refractivity contribution in [2.24, 2.45) is 0 Å². The average Bonchev–Trinajstić information content (AvgIpc) is 3.46. The van der Waals surface area contributed by atoms with Gasteiger partial charge in [-0.2, -0.15) is 5.10 Å². The van der Waals surface area contributed by atoms with Crippen LogP contribution in [0.2, 0.25) is 0 Å². The van der Waals surface area contributed by atoms with Crippen molar-refractivity contribution in [3.8, 4) is 0 Å². The summed E-state index contributed by atoms with van der Waals surface area (Å²) < 4.78 is 21.4. The molecule has 10 heteroatoms. The molecule has 1 amide bonds. The van der Waals surface area contributed by atoms with Crippen LogP contribution in [0.4, 0.5) is 10.1 Å². The lowest BCUT2D eigenvalue weighted by Gasteiger charge is -2.31. The van der Waals surface area contributed by atoms with E-state index in [2.05, 4.69) is 5.10 Å². The molecule has 36 heavy (non-hydrogen) atoms. The van der Waals surface area contributed by atoms with Crippen molar-refractivity contribution in [3.05, 3.63) is 59.0 Å². The number of amides is 1. The molecule has 0 aliphatic carbocycles. The Morgan fingerprint density at radius 1 is 1.17 bits per heavy atom. The van der Waals surface area contributed by atoms with Gasteiger partial charge < -0.3 is 14.7 Å². The van der Waals surface area contributed by atoms with Crippen LogP contribution in [0, 0.1) is 12.7 Å². The number of hydrazine groups is 1. The zero-order valence-corrected chi connectivity index (χ0v) is 20.5. The van der Waals surface area contributed by atoms with Crippen LogP contribution in [0.15, 0.2) is 36.5 Å². The van der Waals surface area contributed by atoms with Gasteiger partial charge in [0.1, 0.15) is 12.4 Å². The lowest BCUT2D eigenvalue weighted by atomic mass is 10.1. The highest BCUT2D eigenvalue weighted by Gasteiger charge is 2.28. The molecular formula is C26H30FN5O4. The SMILES string of the molecule is Cc1cc2c(cnn2C2CCCCO2)cc1N(CC(=O)O)CC(=O)N(C)N1Cc2ccc(F)cc2C1. The fraction of sp³-hybridized carbons (Fsp3) is 0.423. The Bertz CT molecular complexity index is 1300. The van der Waals surface area contributed by atoms with E-state index in [0.29, 0.717) is 25.4 Å². The molecule has 0 saturated carbocycles. The van der Waals surface area contributed by atoms with Gasteiger partial charge in [0.25, 0.3) is 5.91 Å². The molecule has 0 radical (unpaired) electrons. The van der Waals surface area contributed by atoms with Gasteiger partial charge in [0.15, 0.2) is 6.23 Å². The van der Waals surface area contributed by atoms with Gasteiger partial charge in [-0.05, 0) is 67.1 Å². The van der Waals surface area contributed by atoms with Crippen molar-refractivity contribution in [2.75, 3.05) is 31.6 Å². The lowest BCUT2D eigenvalue weighted by Crippen LogP contribution is -2.47. The van der Waals surface area contributed by atoms with Crippen molar-refractivity contribution in [1.82, 2.24) is 19.8 Å². The van der Waals surface area contributed by atoms with E-state index >= 15 is 0 Å². The summed E-state index contributed by atoms with van der Waals surface area (Å²) in [5.74, 6) is -1.59. The number of anilines is 1. The van der Waals surface area contributed by atoms with Gasteiger partial charge in [-0.3, -0.25) is 14.6 Å². The summed E-state index contributed by atoms with van der Waals surface area (Å²) >= 11 is 0. The van der Waals surface area contributed by atoms with Gasteiger partial charge in [0, 0.05) is 37.8 Å². The highest BCUT2D eigenvalue weighted by Crippen LogP contribution is 2.31. The molecule has 1 unspecified atom stereocenters. The highest BCUT2D eigenvalue weighted by molar-refractivity contribution is 5.89. The smallest absolute Gasteiger partial charge is 0.323 e. The average molecular weight is 496 g/mol. The van der Waals surface area contributed by atoms with Gasteiger partial charge >= 0.3 is 5.97 Å². The van der Waals surface area contributed by atoms with E-state index in [1.165, 1.54) is 17.1 Å². The number of ether oxygens (including phenoxy) is 1. The summed E-state index contributed by atoms with van der Waals surface area (Å²) in [6.07, 6.45) is 4.68. The van der Waals surface area contributed by atoms with Crippen LogP contribution in [-0.4, -0.2) is 63.5 Å². The van der Waals surface area contributed by atoms with Crippen LogP contribution in [0.1, 0.15) is 42.2 Å². The molecule has 2 aliphatic heterocycles. The minimum atomic E-state index is -1.03. The van der Waals surface area contributed by atoms with Gasteiger partial charge in [-0.25, -0.2) is 14.1 Å². The predicted molar refractivity (Wildman–Crippen MR) is 132 cm³/mol. The Kier molecular flexibility index (Phi) is 6.63. The van der Waals surface area contributed by atoms with E-state index < -0.39 is 5.97 Å². The van der Waals surface area contributed by atoms with Gasteiger partial charge in [0.05, 0.1) is 18.3 Å². The van der Waals surface area contributed by atoms with Crippen molar-refractivity contribution in [2.45, 2.75) is 45.5 Å². The molecular weight excluding hydrogens is 465 g/mol. The quantitative estimate of drug-likeness (QED) is 0.537. The third-order valence-electron chi connectivity index (χ3n) is 6.99. The highest BCUT2D eigenvalue weighted by atomic mass is 19.1. The zero-order valence-electron chi connectivity index (χ0n) is 20.5. The zero-order chi connectivity index (χ0) is 25.4. The van der Waals surface area contributed by atoms with Crippen LogP contribution >= 0.6 is 0 Å². The summed E-state index contributed by atoms with van der Waals surface area (Å²) in [6, 6.07) is 8.50. The number of fused-ring (bicyclic) bond motifs is 2. The summed E-state index contributed by atoms with van der Waals surface area (Å²) in [4.78, 5) is 26.5. The van der Waals surface area contributed by atoms with E-state index in [4.69, 9.17) is 4.74 Å². The second kappa shape index (κ2) is 9.87. The fourth-order valence-corrected chi connectivity index (χ4v) is 5.04. The number of hydrogen-bond acceptors (Lipinski definition) is 6. The van der Waals surface area contributed by atoms with E-state index in [9.17, 15) is 19.1 Å². The number of carboxylic acids is 1. The van der Waals surface area contributed by atoms with Crippen molar-refractivity contribution in [3.63, 3.8) is 0 Å². The third kappa shape index (κ3) is 4.78. The monoisotopic (exact) mass is 495 g/mol. The van der Waals surface area contributed by atoms with Crippen molar-refractivity contribution >= 4 is 28.5 Å². The largest absolute Gasteiger partial charge is 0.480 e. The summed E-state index contributed by atoms with van der Waals surface area (Å²) in [6.45, 7) is 3.09. The summed E-state index contributed by atoms with van der Waals surface area (Å²) in [7, 11) is 1.66. The lowest BCUT2D eigenvalue weighted by molar-refractivity contribution is -0.145. The Morgan fingerprint density at radius 2 is 1.97 bits per heavy atom. The van der Waals surface area contributed by atoms with E-state index in [1.54, 1.807) is 24.2 Å². The van der Waals surface area contributed by atoms with Gasteiger partial charge in [-0.15, -0.1) is 0 Å². The maximum absolute atomic E-state index is 13.6. The second-order valence-corrected chi connectivity index (χ2v) is 9.51. The molecule has 9 nitrogen and oxygen atoms in total. The van der Waals surface area contributed by atoms with Crippen LogP contribution in [0.3, 0.4) is 0 Å². The molecule has 1 N–H and O–H groups in total. The predicted octanol–water partition coefficient (Wildman–Crippen LogP) is 3.46. The Labute approximate surface area is 208 Å². The first kappa shape index (κ1) is 24.2. The standard InChI is InChI=1S/C26H30FN5O4/c1-17-9-23-19(12-28-32(23)25-5-3-4-8-36-25)11-22(17)30(16-26(34)35)15-24(33)29(2)31-13-18-6-7-21(27)10-20(18)14-31/h6-7,9-12,25H,3-5,8,13-16H2,1-2H3,(H,34,35). The van der Waals surface area contributed by atoms with E-state index in [-0.39, 0.29) is 31.0 Å². The molecule has 1 atom stereocenters. The fourth-order valence-electron chi connectivity index (χ4n) is 5.04. The molecule has 1 fully saturated rings. The van der Waals surface area contributed by atoms with Crippen LogP contribution in [-0.2, 0) is 27.4 Å². The van der Waals surface area contributed by atoms with E-state index in [0.717, 1.165) is 46.9 Å². The van der Waals surface area contributed by atoms with Crippen LogP contribution in [0.25, 0.3) is 10.9 Å². The normalized spacial score (nSPS) is 17.8. The molecule has 2 aromatic carbocycles. The number of aromatic nitrogens is 2. The molecule has 3 aromatic rings. The maximum Gasteiger partial charge on any atom is 0.323 e. The number of likely N-dealkylation sites (N-methyl/N-ethyl adjacent to an activating group) is 1. The number of halogens is 1. The second-order valence-electron chi connectivity index (χ2n) is 9.51. The number of hydrogen-bond donors (Lipinski definition) is 1. The number of rotatable bonds is 7. The molecule has 190 valence electrons. The Hall–Kier alpha value is -3.50. The number of nitrogens with zero attached hydrogens (tertiary/aromatic N) is 5. The topological polar surface area (TPSA) is 91.1 Å². The maximum atomic E-state index is 13.6. The number of aliphatic carboxylic acids is 1. The first-order chi connectivity index (χ1) is 17.3. The molecule has 1 aromatic heterocycles. The first-order valence-corrected chi connectivity index (χ1v) is 12.1. The van der Waals surface area contributed by atoms with Crippen molar-refractivity contribution < 1.29 is 23.8 Å². The molecule has 5 rings (SSSR count). The minimum Gasteiger partial charge on any atom is -0.480 e. The molecule has 0 bridgehead atoms. The Balaban J connectivity index is 1.36. The number of benzene rings is 2. The third-order valence-corrected chi connectivity index (χ3v) is 6.99. The summed E-state index contributed by atoms with van der Waals surface area (Å²) in [5, 5.41) is 18.3. The minimum absolute atomic E-state index is 0.107. The van der Waals surface area contributed by atoms with Crippen molar-refractivity contribution in [1.29, 1.82) is 0 Å². The van der Waals surface area contributed by atoms with Crippen LogP contribution in [0.5, 0.6) is 0 Å². The Morgan fingerprint density at radius 3 is 2.72 bits per heavy atom. The molecule has 0 spiro atoms.